The van der Waals surface area contributed by atoms with Crippen LogP contribution in [-0.4, -0.2) is 56.6 Å². The van der Waals surface area contributed by atoms with E-state index in [-0.39, 0.29) is 11.8 Å². The van der Waals surface area contributed by atoms with Crippen LogP contribution in [0.2, 0.25) is 0 Å². The van der Waals surface area contributed by atoms with Crippen molar-refractivity contribution >= 4 is 11.4 Å². The van der Waals surface area contributed by atoms with Gasteiger partial charge < -0.3 is 24.6 Å². The molecule has 0 saturated carbocycles. The number of methoxy groups -OCH3 is 1. The highest BCUT2D eigenvalue weighted by Gasteiger charge is 2.46. The molecule has 0 bridgehead atoms. The monoisotopic (exact) mass is 421 g/mol. The summed E-state index contributed by atoms with van der Waals surface area (Å²) in [6.45, 7) is 9.74. The molecule has 1 N–H and O–H groups in total. The highest BCUT2D eigenvalue weighted by atomic mass is 16.5. The third-order valence-corrected chi connectivity index (χ3v) is 7.39. The van der Waals surface area contributed by atoms with Crippen LogP contribution in [0.5, 0.6) is 5.75 Å². The number of aryl methyl sites for hydroxylation is 1. The summed E-state index contributed by atoms with van der Waals surface area (Å²) in [6, 6.07) is 15.3. The molecule has 0 aromatic heterocycles. The van der Waals surface area contributed by atoms with Gasteiger partial charge in [-0.3, -0.25) is 0 Å². The van der Waals surface area contributed by atoms with Crippen LogP contribution in [0.25, 0.3) is 0 Å². The lowest BCUT2D eigenvalue weighted by atomic mass is 9.90. The van der Waals surface area contributed by atoms with Crippen molar-refractivity contribution in [1.29, 1.82) is 0 Å². The Kier molecular flexibility index (Phi) is 5.57. The molecule has 2 aromatic rings. The SMILES string of the molecule is CCC1OC2(CCN(CC3CNc4cc(OC)ccc43)CC2)CN1c1ccc(C)cc1. The molecule has 1 spiro atoms. The fourth-order valence-electron chi connectivity index (χ4n) is 5.51. The Bertz CT molecular complexity index is 905. The summed E-state index contributed by atoms with van der Waals surface area (Å²) >= 11 is 0. The van der Waals surface area contributed by atoms with E-state index in [9.17, 15) is 0 Å². The normalized spacial score (nSPS) is 24.9. The second-order valence-corrected chi connectivity index (χ2v) is 9.46. The third kappa shape index (κ3) is 4.01. The Hall–Kier alpha value is -2.24. The average Bonchev–Trinajstić information content (AvgIpc) is 3.37. The Morgan fingerprint density at radius 1 is 1.13 bits per heavy atom. The van der Waals surface area contributed by atoms with E-state index in [1.165, 1.54) is 22.5 Å². The van der Waals surface area contributed by atoms with E-state index in [0.717, 1.165) is 57.7 Å². The molecular weight excluding hydrogens is 386 g/mol. The molecule has 166 valence electrons. The number of benzene rings is 2. The first-order chi connectivity index (χ1) is 15.1. The first-order valence-corrected chi connectivity index (χ1v) is 11.7. The molecule has 2 atom stereocenters. The molecule has 3 heterocycles. The minimum Gasteiger partial charge on any atom is -0.497 e. The molecule has 5 heteroatoms. The lowest BCUT2D eigenvalue weighted by Crippen LogP contribution is -2.48. The molecule has 0 amide bonds. The van der Waals surface area contributed by atoms with E-state index in [2.05, 4.69) is 71.4 Å². The quantitative estimate of drug-likeness (QED) is 0.762. The second-order valence-electron chi connectivity index (χ2n) is 9.46. The van der Waals surface area contributed by atoms with Gasteiger partial charge in [-0.1, -0.05) is 30.7 Å². The smallest absolute Gasteiger partial charge is 0.130 e. The van der Waals surface area contributed by atoms with E-state index in [1.54, 1.807) is 7.11 Å². The van der Waals surface area contributed by atoms with Crippen molar-refractivity contribution in [3.63, 3.8) is 0 Å². The van der Waals surface area contributed by atoms with Crippen LogP contribution in [0.4, 0.5) is 11.4 Å². The molecule has 0 aliphatic carbocycles. The maximum Gasteiger partial charge on any atom is 0.130 e. The number of ether oxygens (including phenoxy) is 2. The van der Waals surface area contributed by atoms with E-state index in [0.29, 0.717) is 5.92 Å². The number of nitrogens with one attached hydrogen (secondary N) is 1. The molecule has 2 aromatic carbocycles. The van der Waals surface area contributed by atoms with Crippen molar-refractivity contribution in [2.75, 3.05) is 50.1 Å². The van der Waals surface area contributed by atoms with Gasteiger partial charge in [-0.2, -0.15) is 0 Å². The Labute approximate surface area is 186 Å². The van der Waals surface area contributed by atoms with Gasteiger partial charge in [-0.25, -0.2) is 0 Å². The Morgan fingerprint density at radius 3 is 2.61 bits per heavy atom. The van der Waals surface area contributed by atoms with Crippen molar-refractivity contribution in [3.05, 3.63) is 53.6 Å². The Balaban J connectivity index is 1.21. The van der Waals surface area contributed by atoms with Gasteiger partial charge in [0.05, 0.1) is 12.7 Å². The van der Waals surface area contributed by atoms with Gasteiger partial charge in [-0.15, -0.1) is 0 Å². The zero-order chi connectivity index (χ0) is 21.4. The Morgan fingerprint density at radius 2 is 1.90 bits per heavy atom. The highest BCUT2D eigenvalue weighted by Crippen LogP contribution is 2.40. The largest absolute Gasteiger partial charge is 0.497 e. The molecule has 5 nitrogen and oxygen atoms in total. The molecule has 2 fully saturated rings. The predicted molar refractivity (Wildman–Crippen MR) is 126 cm³/mol. The fourth-order valence-corrected chi connectivity index (χ4v) is 5.51. The minimum atomic E-state index is 0.00125. The van der Waals surface area contributed by atoms with Gasteiger partial charge in [0.1, 0.15) is 12.0 Å². The lowest BCUT2D eigenvalue weighted by Gasteiger charge is -2.39. The molecule has 31 heavy (non-hydrogen) atoms. The van der Waals surface area contributed by atoms with E-state index in [4.69, 9.17) is 9.47 Å². The van der Waals surface area contributed by atoms with Crippen molar-refractivity contribution in [3.8, 4) is 5.75 Å². The highest BCUT2D eigenvalue weighted by molar-refractivity contribution is 5.61. The van der Waals surface area contributed by atoms with Gasteiger partial charge >= 0.3 is 0 Å². The predicted octanol–water partition coefficient (Wildman–Crippen LogP) is 4.62. The maximum atomic E-state index is 6.71. The molecular formula is C26H35N3O2. The standard InChI is InChI=1S/C26H35N3O2/c1-4-25-29(21-7-5-19(2)6-8-21)18-26(31-25)11-13-28(14-12-26)17-20-16-27-24-15-22(30-3)9-10-23(20)24/h5-10,15,20,25,27H,4,11-14,16-18H2,1-3H3. The number of hydrogen-bond donors (Lipinski definition) is 1. The molecule has 3 aliphatic rings. The van der Waals surface area contributed by atoms with Crippen LogP contribution in [0.1, 0.15) is 43.2 Å². The summed E-state index contributed by atoms with van der Waals surface area (Å²) in [5.74, 6) is 1.47. The zero-order valence-electron chi connectivity index (χ0n) is 19.1. The van der Waals surface area contributed by atoms with Crippen molar-refractivity contribution in [1.82, 2.24) is 4.90 Å². The number of fused-ring (bicyclic) bond motifs is 1. The topological polar surface area (TPSA) is 37.0 Å². The number of anilines is 2. The molecule has 0 radical (unpaired) electrons. The molecule has 2 saturated heterocycles. The van der Waals surface area contributed by atoms with Gasteiger partial charge in [0, 0.05) is 56.1 Å². The fraction of sp³-hybridized carbons (Fsp3) is 0.538. The minimum absolute atomic E-state index is 0.00125. The summed E-state index contributed by atoms with van der Waals surface area (Å²) in [5, 5.41) is 3.57. The van der Waals surface area contributed by atoms with Crippen LogP contribution in [-0.2, 0) is 4.74 Å². The van der Waals surface area contributed by atoms with Crippen LogP contribution in [0.15, 0.2) is 42.5 Å². The second kappa shape index (κ2) is 8.36. The number of nitrogens with zero attached hydrogens (tertiary/aromatic N) is 2. The summed E-state index contributed by atoms with van der Waals surface area (Å²) < 4.78 is 12.1. The first-order valence-electron chi connectivity index (χ1n) is 11.7. The van der Waals surface area contributed by atoms with Gasteiger partial charge in [-0.05, 0) is 49.9 Å². The van der Waals surface area contributed by atoms with Gasteiger partial charge in [0.15, 0.2) is 0 Å². The van der Waals surface area contributed by atoms with Crippen LogP contribution in [0, 0.1) is 6.92 Å². The summed E-state index contributed by atoms with van der Waals surface area (Å²) in [7, 11) is 1.73. The van der Waals surface area contributed by atoms with Crippen LogP contribution < -0.4 is 15.0 Å². The van der Waals surface area contributed by atoms with E-state index >= 15 is 0 Å². The maximum absolute atomic E-state index is 6.71. The van der Waals surface area contributed by atoms with Gasteiger partial charge in [0.25, 0.3) is 0 Å². The van der Waals surface area contributed by atoms with Crippen molar-refractivity contribution < 1.29 is 9.47 Å². The summed E-state index contributed by atoms with van der Waals surface area (Å²) in [4.78, 5) is 5.12. The van der Waals surface area contributed by atoms with Crippen molar-refractivity contribution in [2.24, 2.45) is 0 Å². The first kappa shape index (κ1) is 20.7. The molecule has 5 rings (SSSR count). The summed E-state index contributed by atoms with van der Waals surface area (Å²) in [6.07, 6.45) is 3.44. The van der Waals surface area contributed by atoms with Crippen molar-refractivity contribution in [2.45, 2.75) is 50.9 Å². The van der Waals surface area contributed by atoms with Crippen LogP contribution in [0.3, 0.4) is 0 Å². The molecule has 2 unspecified atom stereocenters. The average molecular weight is 422 g/mol. The zero-order valence-corrected chi connectivity index (χ0v) is 19.1. The number of hydrogen-bond acceptors (Lipinski definition) is 5. The van der Waals surface area contributed by atoms with Crippen LogP contribution >= 0.6 is 0 Å². The number of rotatable bonds is 5. The lowest BCUT2D eigenvalue weighted by molar-refractivity contribution is -0.0723. The molecule has 3 aliphatic heterocycles. The number of likely N-dealkylation sites (tertiary alicyclic amines) is 1. The van der Waals surface area contributed by atoms with E-state index in [1.807, 2.05) is 0 Å². The number of piperidine rings is 1. The third-order valence-electron chi connectivity index (χ3n) is 7.39. The van der Waals surface area contributed by atoms with E-state index < -0.39 is 0 Å². The summed E-state index contributed by atoms with van der Waals surface area (Å²) in [5.41, 5.74) is 5.26. The van der Waals surface area contributed by atoms with Gasteiger partial charge in [0.2, 0.25) is 0 Å².